The van der Waals surface area contributed by atoms with Crippen molar-refractivity contribution in [3.63, 3.8) is 0 Å². The first-order chi connectivity index (χ1) is 14.5. The Balaban J connectivity index is 1.53. The molecule has 1 aliphatic rings. The molecule has 0 bridgehead atoms. The highest BCUT2D eigenvalue weighted by molar-refractivity contribution is 5.80. The number of halogens is 2. The highest BCUT2D eigenvalue weighted by Crippen LogP contribution is 2.19. The topological polar surface area (TPSA) is 63.9 Å². The number of piperazine rings is 1. The summed E-state index contributed by atoms with van der Waals surface area (Å²) in [6, 6.07) is 11.4. The Morgan fingerprint density at radius 3 is 2.53 bits per heavy atom. The van der Waals surface area contributed by atoms with Crippen molar-refractivity contribution < 1.29 is 13.5 Å². The largest absolute Gasteiger partial charge is 0.494 e. The zero-order valence-electron chi connectivity index (χ0n) is 17.2. The standard InChI is InChI=1S/C22H25F2N5O/c1-26-22(27-14-18-11-16(13-25)3-5-19(18)23)29-9-7-28(8-10-29)15-17-4-6-21(30-2)20(24)12-17/h3-6,11-12H,7-10,14-15H2,1-2H3,(H,26,27). The Hall–Kier alpha value is -3.18. The molecule has 1 N–H and O–H groups in total. The summed E-state index contributed by atoms with van der Waals surface area (Å²) >= 11 is 0. The fourth-order valence-electron chi connectivity index (χ4n) is 3.47. The Bertz CT molecular complexity index is 949. The SMILES string of the molecule is CN=C(NCc1cc(C#N)ccc1F)N1CCN(Cc2ccc(OC)c(F)c2)CC1. The molecule has 1 saturated heterocycles. The van der Waals surface area contributed by atoms with E-state index >= 15 is 0 Å². The van der Waals surface area contributed by atoms with Crippen LogP contribution in [0.1, 0.15) is 16.7 Å². The summed E-state index contributed by atoms with van der Waals surface area (Å²) < 4.78 is 32.9. The number of ether oxygens (including phenoxy) is 1. The summed E-state index contributed by atoms with van der Waals surface area (Å²) in [6.07, 6.45) is 0. The molecule has 6 nitrogen and oxygen atoms in total. The second kappa shape index (κ2) is 10.0. The number of rotatable bonds is 5. The lowest BCUT2D eigenvalue weighted by Gasteiger charge is -2.36. The van der Waals surface area contributed by atoms with E-state index in [0.717, 1.165) is 31.7 Å². The third-order valence-electron chi connectivity index (χ3n) is 5.12. The minimum atomic E-state index is -0.356. The van der Waals surface area contributed by atoms with Gasteiger partial charge in [-0.25, -0.2) is 8.78 Å². The third kappa shape index (κ3) is 5.24. The molecule has 1 aliphatic heterocycles. The van der Waals surface area contributed by atoms with Crippen molar-refractivity contribution in [2.45, 2.75) is 13.1 Å². The van der Waals surface area contributed by atoms with Gasteiger partial charge in [0.15, 0.2) is 17.5 Å². The molecular formula is C22H25F2N5O. The lowest BCUT2D eigenvalue weighted by molar-refractivity contribution is 0.172. The van der Waals surface area contributed by atoms with Crippen molar-refractivity contribution in [3.8, 4) is 11.8 Å². The molecule has 8 heteroatoms. The van der Waals surface area contributed by atoms with Crippen LogP contribution in [0.5, 0.6) is 5.75 Å². The number of methoxy groups -OCH3 is 1. The molecule has 1 heterocycles. The van der Waals surface area contributed by atoms with E-state index < -0.39 is 0 Å². The van der Waals surface area contributed by atoms with Crippen molar-refractivity contribution in [1.29, 1.82) is 5.26 Å². The van der Waals surface area contributed by atoms with E-state index in [1.165, 1.54) is 25.3 Å². The summed E-state index contributed by atoms with van der Waals surface area (Å²) in [5, 5.41) is 12.2. The van der Waals surface area contributed by atoms with Gasteiger partial charge in [0, 0.05) is 51.9 Å². The Labute approximate surface area is 175 Å². The van der Waals surface area contributed by atoms with E-state index in [1.807, 2.05) is 12.1 Å². The number of hydrogen-bond donors (Lipinski definition) is 1. The van der Waals surface area contributed by atoms with Gasteiger partial charge >= 0.3 is 0 Å². The molecule has 0 aromatic heterocycles. The van der Waals surface area contributed by atoms with Gasteiger partial charge in [0.2, 0.25) is 0 Å². The van der Waals surface area contributed by atoms with Crippen LogP contribution in [0, 0.1) is 23.0 Å². The normalized spacial score (nSPS) is 15.0. The van der Waals surface area contributed by atoms with Crippen molar-refractivity contribution in [2.24, 2.45) is 4.99 Å². The van der Waals surface area contributed by atoms with Crippen LogP contribution >= 0.6 is 0 Å². The third-order valence-corrected chi connectivity index (χ3v) is 5.12. The van der Waals surface area contributed by atoms with Gasteiger partial charge in [-0.15, -0.1) is 0 Å². The number of benzene rings is 2. The number of nitriles is 1. The van der Waals surface area contributed by atoms with Gasteiger partial charge < -0.3 is 15.0 Å². The first-order valence-electron chi connectivity index (χ1n) is 9.73. The van der Waals surface area contributed by atoms with E-state index in [-0.39, 0.29) is 23.9 Å². The second-order valence-corrected chi connectivity index (χ2v) is 7.05. The van der Waals surface area contributed by atoms with Crippen LogP contribution in [0.3, 0.4) is 0 Å². The van der Waals surface area contributed by atoms with E-state index in [0.29, 0.717) is 23.6 Å². The van der Waals surface area contributed by atoms with Crippen LogP contribution in [0.4, 0.5) is 8.78 Å². The number of nitrogens with one attached hydrogen (secondary N) is 1. The Morgan fingerprint density at radius 1 is 1.13 bits per heavy atom. The maximum Gasteiger partial charge on any atom is 0.194 e. The molecule has 2 aromatic rings. The Kier molecular flexibility index (Phi) is 7.20. The van der Waals surface area contributed by atoms with Gasteiger partial charge in [0.05, 0.1) is 18.7 Å². The lowest BCUT2D eigenvalue weighted by atomic mass is 10.1. The van der Waals surface area contributed by atoms with Crippen molar-refractivity contribution >= 4 is 5.96 Å². The van der Waals surface area contributed by atoms with E-state index in [9.17, 15) is 8.78 Å². The molecule has 0 unspecified atom stereocenters. The van der Waals surface area contributed by atoms with Gasteiger partial charge in [-0.1, -0.05) is 6.07 Å². The first kappa shape index (κ1) is 21.5. The fourth-order valence-corrected chi connectivity index (χ4v) is 3.47. The van der Waals surface area contributed by atoms with E-state index in [2.05, 4.69) is 20.1 Å². The number of aliphatic imine (C=N–C) groups is 1. The summed E-state index contributed by atoms with van der Waals surface area (Å²) in [7, 11) is 3.14. The van der Waals surface area contributed by atoms with Gasteiger partial charge in [-0.05, 0) is 35.9 Å². The smallest absolute Gasteiger partial charge is 0.194 e. The lowest BCUT2D eigenvalue weighted by Crippen LogP contribution is -2.52. The highest BCUT2D eigenvalue weighted by Gasteiger charge is 2.20. The van der Waals surface area contributed by atoms with Crippen molar-refractivity contribution in [2.75, 3.05) is 40.3 Å². The molecular weight excluding hydrogens is 388 g/mol. The molecule has 0 spiro atoms. The van der Waals surface area contributed by atoms with Crippen LogP contribution in [-0.2, 0) is 13.1 Å². The molecule has 158 valence electrons. The van der Waals surface area contributed by atoms with Gasteiger partial charge in [0.25, 0.3) is 0 Å². The van der Waals surface area contributed by atoms with E-state index in [4.69, 9.17) is 10.00 Å². The molecule has 2 aromatic carbocycles. The van der Waals surface area contributed by atoms with Gasteiger partial charge in [-0.2, -0.15) is 5.26 Å². The first-order valence-corrected chi connectivity index (χ1v) is 9.73. The average molecular weight is 413 g/mol. The molecule has 0 amide bonds. The molecule has 0 saturated carbocycles. The van der Waals surface area contributed by atoms with Crippen molar-refractivity contribution in [3.05, 3.63) is 64.7 Å². The molecule has 1 fully saturated rings. The fraction of sp³-hybridized carbons (Fsp3) is 0.364. The second-order valence-electron chi connectivity index (χ2n) is 7.05. The number of guanidine groups is 1. The predicted octanol–water partition coefficient (Wildman–Crippen LogP) is 2.74. The van der Waals surface area contributed by atoms with Gasteiger partial charge in [0.1, 0.15) is 5.82 Å². The molecule has 0 radical (unpaired) electrons. The molecule has 0 atom stereocenters. The minimum Gasteiger partial charge on any atom is -0.494 e. The minimum absolute atomic E-state index is 0.246. The molecule has 30 heavy (non-hydrogen) atoms. The quantitative estimate of drug-likeness (QED) is 0.603. The summed E-state index contributed by atoms with van der Waals surface area (Å²) in [5.74, 6) is 0.224. The zero-order valence-corrected chi connectivity index (χ0v) is 17.2. The maximum absolute atomic E-state index is 14.0. The number of hydrogen-bond acceptors (Lipinski definition) is 4. The van der Waals surface area contributed by atoms with Crippen LogP contribution in [0.25, 0.3) is 0 Å². The molecule has 0 aliphatic carbocycles. The van der Waals surface area contributed by atoms with E-state index in [1.54, 1.807) is 19.2 Å². The Morgan fingerprint density at radius 2 is 1.90 bits per heavy atom. The summed E-state index contributed by atoms with van der Waals surface area (Å²) in [6.45, 7) is 4.00. The number of nitrogens with zero attached hydrogens (tertiary/aromatic N) is 4. The van der Waals surface area contributed by atoms with Crippen LogP contribution < -0.4 is 10.1 Å². The summed E-state index contributed by atoms with van der Waals surface area (Å²) in [5.41, 5.74) is 1.75. The molecule has 3 rings (SSSR count). The highest BCUT2D eigenvalue weighted by atomic mass is 19.1. The monoisotopic (exact) mass is 413 g/mol. The average Bonchev–Trinajstić information content (AvgIpc) is 2.76. The van der Waals surface area contributed by atoms with Crippen LogP contribution in [0.15, 0.2) is 41.4 Å². The van der Waals surface area contributed by atoms with Crippen LogP contribution in [0.2, 0.25) is 0 Å². The zero-order chi connectivity index (χ0) is 21.5. The van der Waals surface area contributed by atoms with Crippen LogP contribution in [-0.4, -0.2) is 56.1 Å². The summed E-state index contributed by atoms with van der Waals surface area (Å²) in [4.78, 5) is 8.66. The van der Waals surface area contributed by atoms with Gasteiger partial charge in [-0.3, -0.25) is 9.89 Å². The predicted molar refractivity (Wildman–Crippen MR) is 111 cm³/mol. The van der Waals surface area contributed by atoms with Crippen molar-refractivity contribution in [1.82, 2.24) is 15.1 Å². The maximum atomic E-state index is 14.0.